The van der Waals surface area contributed by atoms with Crippen molar-refractivity contribution in [1.82, 2.24) is 25.3 Å². The number of imidazole rings is 1. The zero-order valence-electron chi connectivity index (χ0n) is 18.6. The van der Waals surface area contributed by atoms with E-state index in [-0.39, 0.29) is 12.5 Å². The van der Waals surface area contributed by atoms with Crippen LogP contribution in [0.3, 0.4) is 0 Å². The largest absolute Gasteiger partial charge is 0.493 e. The Hall–Kier alpha value is -3.72. The number of nitrogen functional groups attached to an aromatic ring is 1. The molecular weight excluding hydrogens is 420 g/mol. The van der Waals surface area contributed by atoms with Crippen LogP contribution in [-0.2, 0) is 12.8 Å². The zero-order chi connectivity index (χ0) is 23.2. The highest BCUT2D eigenvalue weighted by Crippen LogP contribution is 2.33. The first-order chi connectivity index (χ1) is 16.1. The molecule has 0 fully saturated rings. The molecule has 9 nitrogen and oxygen atoms in total. The van der Waals surface area contributed by atoms with Gasteiger partial charge in [-0.25, -0.2) is 9.97 Å². The number of benzene rings is 1. The molecule has 5 N–H and O–H groups in total. The number of carbonyl (C=O) groups is 1. The van der Waals surface area contributed by atoms with E-state index in [0.29, 0.717) is 54.5 Å². The third-order valence-corrected chi connectivity index (χ3v) is 5.33. The molecule has 1 aromatic carbocycles. The van der Waals surface area contributed by atoms with Crippen molar-refractivity contribution in [1.29, 1.82) is 0 Å². The quantitative estimate of drug-likeness (QED) is 0.274. The van der Waals surface area contributed by atoms with Crippen LogP contribution >= 0.6 is 0 Å². The highest BCUT2D eigenvalue weighted by atomic mass is 16.5. The van der Waals surface area contributed by atoms with Gasteiger partial charge in [0.1, 0.15) is 28.4 Å². The molecule has 4 rings (SSSR count). The second kappa shape index (κ2) is 10.3. The van der Waals surface area contributed by atoms with Crippen LogP contribution in [-0.4, -0.2) is 50.7 Å². The van der Waals surface area contributed by atoms with Crippen LogP contribution in [0.1, 0.15) is 41.5 Å². The van der Waals surface area contributed by atoms with E-state index in [1.807, 2.05) is 12.1 Å². The Balaban J connectivity index is 1.49. The van der Waals surface area contributed by atoms with Gasteiger partial charge in [-0.15, -0.1) is 0 Å². The SMILES string of the molecule is CCCc1cc(OCCCNC(=O)c2cccnc2)cc2nc(N)c3[nH]c(CCO)nc3c12. The van der Waals surface area contributed by atoms with E-state index in [0.717, 1.165) is 34.8 Å². The van der Waals surface area contributed by atoms with Gasteiger partial charge in [0, 0.05) is 36.8 Å². The van der Waals surface area contributed by atoms with E-state index in [1.165, 1.54) is 6.20 Å². The summed E-state index contributed by atoms with van der Waals surface area (Å²) in [7, 11) is 0. The van der Waals surface area contributed by atoms with Crippen molar-refractivity contribution in [2.75, 3.05) is 25.5 Å². The third kappa shape index (κ3) is 5.04. The Kier molecular flexibility index (Phi) is 6.99. The van der Waals surface area contributed by atoms with Crippen LogP contribution in [0.15, 0.2) is 36.7 Å². The highest BCUT2D eigenvalue weighted by molar-refractivity contribution is 6.08. The molecule has 0 bridgehead atoms. The van der Waals surface area contributed by atoms with E-state index in [2.05, 4.69) is 32.2 Å². The van der Waals surface area contributed by atoms with E-state index in [4.69, 9.17) is 10.5 Å². The summed E-state index contributed by atoms with van der Waals surface area (Å²) in [6, 6.07) is 7.36. The van der Waals surface area contributed by atoms with Gasteiger partial charge in [0.25, 0.3) is 5.91 Å². The number of aryl methyl sites for hydroxylation is 1. The molecule has 0 saturated heterocycles. The number of hydrogen-bond acceptors (Lipinski definition) is 7. The van der Waals surface area contributed by atoms with Crippen molar-refractivity contribution in [3.63, 3.8) is 0 Å². The van der Waals surface area contributed by atoms with Gasteiger partial charge < -0.3 is 25.9 Å². The minimum absolute atomic E-state index is 0.00752. The normalized spacial score (nSPS) is 11.2. The van der Waals surface area contributed by atoms with Gasteiger partial charge in [-0.1, -0.05) is 13.3 Å². The van der Waals surface area contributed by atoms with Crippen molar-refractivity contribution in [3.8, 4) is 5.75 Å². The summed E-state index contributed by atoms with van der Waals surface area (Å²) in [5.41, 5.74) is 10.0. The summed E-state index contributed by atoms with van der Waals surface area (Å²) in [6.07, 6.45) is 6.06. The number of aromatic amines is 1. The van der Waals surface area contributed by atoms with Gasteiger partial charge in [-0.2, -0.15) is 0 Å². The maximum atomic E-state index is 12.1. The van der Waals surface area contributed by atoms with Crippen molar-refractivity contribution in [2.24, 2.45) is 0 Å². The number of rotatable bonds is 10. The van der Waals surface area contributed by atoms with Crippen molar-refractivity contribution >= 4 is 33.7 Å². The number of pyridine rings is 2. The number of carbonyl (C=O) groups excluding carboxylic acids is 1. The van der Waals surface area contributed by atoms with Gasteiger partial charge in [0.2, 0.25) is 0 Å². The van der Waals surface area contributed by atoms with Crippen LogP contribution in [0, 0.1) is 0 Å². The van der Waals surface area contributed by atoms with Gasteiger partial charge >= 0.3 is 0 Å². The number of amides is 1. The summed E-state index contributed by atoms with van der Waals surface area (Å²) in [5.74, 6) is 1.61. The third-order valence-electron chi connectivity index (χ3n) is 5.33. The smallest absolute Gasteiger partial charge is 0.252 e. The number of anilines is 1. The number of aliphatic hydroxyl groups excluding tert-OH is 1. The lowest BCUT2D eigenvalue weighted by Gasteiger charge is -2.12. The summed E-state index contributed by atoms with van der Waals surface area (Å²) in [4.78, 5) is 28.5. The van der Waals surface area contributed by atoms with E-state index < -0.39 is 0 Å². The Bertz CT molecular complexity index is 1260. The average Bonchev–Trinajstić information content (AvgIpc) is 3.24. The zero-order valence-corrected chi connectivity index (χ0v) is 18.6. The molecule has 0 aliphatic rings. The molecule has 9 heteroatoms. The van der Waals surface area contributed by atoms with Crippen molar-refractivity contribution in [3.05, 3.63) is 53.6 Å². The lowest BCUT2D eigenvalue weighted by Crippen LogP contribution is -2.25. The van der Waals surface area contributed by atoms with Gasteiger partial charge in [0.15, 0.2) is 0 Å². The fourth-order valence-electron chi connectivity index (χ4n) is 3.83. The first kappa shape index (κ1) is 22.5. The minimum Gasteiger partial charge on any atom is -0.493 e. The Morgan fingerprint density at radius 2 is 2.15 bits per heavy atom. The van der Waals surface area contributed by atoms with Crippen LogP contribution < -0.4 is 15.8 Å². The monoisotopic (exact) mass is 448 g/mol. The van der Waals surface area contributed by atoms with Gasteiger partial charge in [0.05, 0.1) is 24.3 Å². The number of hydrogen-bond donors (Lipinski definition) is 4. The molecule has 3 aromatic heterocycles. The molecule has 0 atom stereocenters. The fourth-order valence-corrected chi connectivity index (χ4v) is 3.83. The summed E-state index contributed by atoms with van der Waals surface area (Å²) >= 11 is 0. The second-order valence-electron chi connectivity index (χ2n) is 7.80. The molecule has 172 valence electrons. The highest BCUT2D eigenvalue weighted by Gasteiger charge is 2.16. The number of nitrogens with zero attached hydrogens (tertiary/aromatic N) is 3. The van der Waals surface area contributed by atoms with Crippen LogP contribution in [0.2, 0.25) is 0 Å². The summed E-state index contributed by atoms with van der Waals surface area (Å²) in [6.45, 7) is 3.07. The van der Waals surface area contributed by atoms with Crippen LogP contribution in [0.4, 0.5) is 5.82 Å². The Labute approximate surface area is 191 Å². The number of nitrogens with one attached hydrogen (secondary N) is 2. The Morgan fingerprint density at radius 3 is 2.91 bits per heavy atom. The molecule has 3 heterocycles. The predicted molar refractivity (Wildman–Crippen MR) is 127 cm³/mol. The van der Waals surface area contributed by atoms with Crippen LogP contribution in [0.25, 0.3) is 21.9 Å². The number of H-pyrrole nitrogens is 1. The van der Waals surface area contributed by atoms with E-state index in [1.54, 1.807) is 18.3 Å². The van der Waals surface area contributed by atoms with Gasteiger partial charge in [-0.05, 0) is 36.6 Å². The first-order valence-corrected chi connectivity index (χ1v) is 11.1. The standard InChI is InChI=1S/C24H28N6O3/c1-2-5-15-12-17(33-11-4-9-27-24(32)16-6-3-8-26-14-16)13-18-20(15)21-22(23(25)28-18)30-19(29-21)7-10-31/h3,6,8,12-14,31H,2,4-5,7,9-11H2,1H3,(H2,25,28)(H,27,32)(H,29,30). The average molecular weight is 449 g/mol. The molecule has 4 aromatic rings. The molecule has 0 radical (unpaired) electrons. The first-order valence-electron chi connectivity index (χ1n) is 11.1. The molecule has 0 aliphatic heterocycles. The maximum absolute atomic E-state index is 12.1. The number of aromatic nitrogens is 4. The van der Waals surface area contributed by atoms with Crippen molar-refractivity contribution in [2.45, 2.75) is 32.6 Å². The number of fused-ring (bicyclic) bond motifs is 3. The minimum atomic E-state index is -0.151. The maximum Gasteiger partial charge on any atom is 0.252 e. The molecule has 0 spiro atoms. The van der Waals surface area contributed by atoms with Crippen LogP contribution in [0.5, 0.6) is 5.75 Å². The van der Waals surface area contributed by atoms with Gasteiger partial charge in [-0.3, -0.25) is 9.78 Å². The molecule has 1 amide bonds. The molecular formula is C24H28N6O3. The number of ether oxygens (including phenoxy) is 1. The molecule has 0 unspecified atom stereocenters. The lowest BCUT2D eigenvalue weighted by molar-refractivity contribution is 0.0951. The van der Waals surface area contributed by atoms with E-state index >= 15 is 0 Å². The second-order valence-corrected chi connectivity index (χ2v) is 7.80. The van der Waals surface area contributed by atoms with E-state index in [9.17, 15) is 9.90 Å². The van der Waals surface area contributed by atoms with Crippen molar-refractivity contribution < 1.29 is 14.6 Å². The fraction of sp³-hybridized carbons (Fsp3) is 0.333. The molecule has 33 heavy (non-hydrogen) atoms. The predicted octanol–water partition coefficient (Wildman–Crippen LogP) is 2.77. The summed E-state index contributed by atoms with van der Waals surface area (Å²) < 4.78 is 5.98. The lowest BCUT2D eigenvalue weighted by atomic mass is 10.0. The Morgan fingerprint density at radius 1 is 1.27 bits per heavy atom. The number of aliphatic hydroxyl groups is 1. The number of nitrogens with two attached hydrogens (primary N) is 1. The molecule has 0 saturated carbocycles. The molecule has 0 aliphatic carbocycles. The topological polar surface area (TPSA) is 139 Å². The summed E-state index contributed by atoms with van der Waals surface area (Å²) in [5, 5.41) is 13.1.